The SMILES string of the molecule is CS(=O)(=O)N1CCNC(C(=O)NO)C1. The van der Waals surface area contributed by atoms with Crippen LogP contribution in [0.2, 0.25) is 0 Å². The van der Waals surface area contributed by atoms with Gasteiger partial charge < -0.3 is 5.32 Å². The quantitative estimate of drug-likeness (QED) is 0.362. The predicted molar refractivity (Wildman–Crippen MR) is 48.1 cm³/mol. The standard InChI is InChI=1S/C6H13N3O4S/c1-14(12,13)9-3-2-7-5(4-9)6(10)8-11/h5,7,11H,2-4H2,1H3,(H,8,10). The van der Waals surface area contributed by atoms with Crippen LogP contribution in [0.3, 0.4) is 0 Å². The van der Waals surface area contributed by atoms with Crippen molar-refractivity contribution in [3.05, 3.63) is 0 Å². The first-order valence-electron chi connectivity index (χ1n) is 4.07. The molecule has 1 atom stereocenters. The summed E-state index contributed by atoms with van der Waals surface area (Å²) in [6.45, 7) is 0.782. The number of hydrogen-bond donors (Lipinski definition) is 3. The number of nitrogens with one attached hydrogen (secondary N) is 2. The lowest BCUT2D eigenvalue weighted by Crippen LogP contribution is -2.57. The van der Waals surface area contributed by atoms with Gasteiger partial charge in [0.2, 0.25) is 10.0 Å². The molecular formula is C6H13N3O4S. The van der Waals surface area contributed by atoms with E-state index in [4.69, 9.17) is 5.21 Å². The maximum atomic E-state index is 11.1. The van der Waals surface area contributed by atoms with Crippen molar-refractivity contribution in [3.63, 3.8) is 0 Å². The lowest BCUT2D eigenvalue weighted by molar-refractivity contribution is -0.132. The summed E-state index contributed by atoms with van der Waals surface area (Å²) in [7, 11) is -3.27. The van der Waals surface area contributed by atoms with Crippen molar-refractivity contribution in [2.45, 2.75) is 6.04 Å². The highest BCUT2D eigenvalue weighted by atomic mass is 32.2. The number of rotatable bonds is 2. The predicted octanol–water partition coefficient (Wildman–Crippen LogP) is -2.27. The van der Waals surface area contributed by atoms with Crippen molar-refractivity contribution in [1.29, 1.82) is 0 Å². The molecule has 1 heterocycles. The average molecular weight is 223 g/mol. The first kappa shape index (κ1) is 11.4. The van der Waals surface area contributed by atoms with Crippen LogP contribution in [0, 0.1) is 0 Å². The van der Waals surface area contributed by atoms with Crippen LogP contribution >= 0.6 is 0 Å². The lowest BCUT2D eigenvalue weighted by atomic mass is 10.2. The molecule has 14 heavy (non-hydrogen) atoms. The van der Waals surface area contributed by atoms with E-state index in [1.54, 1.807) is 0 Å². The Morgan fingerprint density at radius 1 is 1.64 bits per heavy atom. The molecular weight excluding hydrogens is 210 g/mol. The molecule has 1 saturated heterocycles. The molecule has 1 rings (SSSR count). The smallest absolute Gasteiger partial charge is 0.261 e. The second kappa shape index (κ2) is 4.22. The molecule has 0 saturated carbocycles. The number of carbonyl (C=O) groups is 1. The van der Waals surface area contributed by atoms with Crippen molar-refractivity contribution in [2.24, 2.45) is 0 Å². The molecule has 3 N–H and O–H groups in total. The van der Waals surface area contributed by atoms with E-state index in [9.17, 15) is 13.2 Å². The van der Waals surface area contributed by atoms with Crippen molar-refractivity contribution < 1.29 is 18.4 Å². The van der Waals surface area contributed by atoms with Gasteiger partial charge in [-0.25, -0.2) is 13.9 Å². The van der Waals surface area contributed by atoms with Gasteiger partial charge >= 0.3 is 0 Å². The van der Waals surface area contributed by atoms with Crippen molar-refractivity contribution >= 4 is 15.9 Å². The summed E-state index contributed by atoms with van der Waals surface area (Å²) in [6, 6.07) is -0.691. The normalized spacial score (nSPS) is 24.6. The molecule has 8 heteroatoms. The molecule has 0 aromatic carbocycles. The fourth-order valence-electron chi connectivity index (χ4n) is 1.28. The van der Waals surface area contributed by atoms with Gasteiger partial charge in [0.25, 0.3) is 5.91 Å². The van der Waals surface area contributed by atoms with Gasteiger partial charge in [-0.05, 0) is 0 Å². The van der Waals surface area contributed by atoms with Gasteiger partial charge in [-0.1, -0.05) is 0 Å². The van der Waals surface area contributed by atoms with Crippen LogP contribution in [0.15, 0.2) is 0 Å². The Morgan fingerprint density at radius 3 is 2.79 bits per heavy atom. The van der Waals surface area contributed by atoms with Crippen LogP contribution in [0.25, 0.3) is 0 Å². The Balaban J connectivity index is 2.65. The van der Waals surface area contributed by atoms with Crippen LogP contribution < -0.4 is 10.8 Å². The van der Waals surface area contributed by atoms with Crippen molar-refractivity contribution in [3.8, 4) is 0 Å². The summed E-state index contributed by atoms with van der Waals surface area (Å²) in [5.74, 6) is -0.627. The van der Waals surface area contributed by atoms with Crippen LogP contribution in [-0.4, -0.2) is 55.8 Å². The minimum absolute atomic E-state index is 0.0469. The zero-order valence-corrected chi connectivity index (χ0v) is 8.54. The molecule has 82 valence electrons. The zero-order valence-electron chi connectivity index (χ0n) is 7.73. The van der Waals surface area contributed by atoms with E-state index < -0.39 is 22.0 Å². The number of sulfonamides is 1. The van der Waals surface area contributed by atoms with Crippen LogP contribution in [0.1, 0.15) is 0 Å². The Morgan fingerprint density at radius 2 is 2.29 bits per heavy atom. The molecule has 0 spiro atoms. The van der Waals surface area contributed by atoms with Gasteiger partial charge in [-0.2, -0.15) is 4.31 Å². The minimum Gasteiger partial charge on any atom is -0.303 e. The first-order chi connectivity index (χ1) is 6.45. The molecule has 1 aliphatic heterocycles. The second-order valence-corrected chi connectivity index (χ2v) is 5.09. The maximum absolute atomic E-state index is 11.1. The molecule has 1 amide bonds. The number of hydrogen-bond acceptors (Lipinski definition) is 5. The summed E-state index contributed by atoms with van der Waals surface area (Å²) in [6.07, 6.45) is 1.09. The molecule has 1 fully saturated rings. The zero-order chi connectivity index (χ0) is 10.8. The third kappa shape index (κ3) is 2.64. The summed E-state index contributed by atoms with van der Waals surface area (Å²) in [4.78, 5) is 11.0. The van der Waals surface area contributed by atoms with Gasteiger partial charge in [0.15, 0.2) is 0 Å². The van der Waals surface area contributed by atoms with E-state index >= 15 is 0 Å². The van der Waals surface area contributed by atoms with Gasteiger partial charge in [-0.15, -0.1) is 0 Å². The highest BCUT2D eigenvalue weighted by Gasteiger charge is 2.29. The number of piperazine rings is 1. The van der Waals surface area contributed by atoms with E-state index in [-0.39, 0.29) is 6.54 Å². The molecule has 7 nitrogen and oxygen atoms in total. The second-order valence-electron chi connectivity index (χ2n) is 3.10. The molecule has 0 radical (unpaired) electrons. The summed E-state index contributed by atoms with van der Waals surface area (Å²) in [5.41, 5.74) is 1.48. The summed E-state index contributed by atoms with van der Waals surface area (Å²) >= 11 is 0. The van der Waals surface area contributed by atoms with Gasteiger partial charge in [0.05, 0.1) is 6.26 Å². The fraction of sp³-hybridized carbons (Fsp3) is 0.833. The average Bonchev–Trinajstić information content (AvgIpc) is 2.15. The van der Waals surface area contributed by atoms with E-state index in [0.29, 0.717) is 13.1 Å². The Bertz CT molecular complexity index is 315. The number of carbonyl (C=O) groups excluding carboxylic acids is 1. The van der Waals surface area contributed by atoms with E-state index in [0.717, 1.165) is 6.26 Å². The van der Waals surface area contributed by atoms with Crippen LogP contribution in [-0.2, 0) is 14.8 Å². The molecule has 1 unspecified atom stereocenters. The molecule has 0 aliphatic carbocycles. The summed E-state index contributed by atoms with van der Waals surface area (Å²) < 4.78 is 23.5. The van der Waals surface area contributed by atoms with E-state index in [2.05, 4.69) is 5.32 Å². The maximum Gasteiger partial charge on any atom is 0.261 e. The van der Waals surface area contributed by atoms with Gasteiger partial charge in [0, 0.05) is 19.6 Å². The Kier molecular flexibility index (Phi) is 3.43. The number of hydroxylamine groups is 1. The third-order valence-corrected chi connectivity index (χ3v) is 3.30. The largest absolute Gasteiger partial charge is 0.303 e. The summed E-state index contributed by atoms with van der Waals surface area (Å²) in [5, 5.41) is 11.2. The molecule has 0 aromatic heterocycles. The first-order valence-corrected chi connectivity index (χ1v) is 5.92. The van der Waals surface area contributed by atoms with Crippen molar-refractivity contribution in [2.75, 3.05) is 25.9 Å². The highest BCUT2D eigenvalue weighted by Crippen LogP contribution is 2.03. The highest BCUT2D eigenvalue weighted by molar-refractivity contribution is 7.88. The fourth-order valence-corrected chi connectivity index (χ4v) is 2.12. The van der Waals surface area contributed by atoms with E-state index in [1.165, 1.54) is 9.79 Å². The van der Waals surface area contributed by atoms with E-state index in [1.807, 2.05) is 0 Å². The van der Waals surface area contributed by atoms with Crippen molar-refractivity contribution in [1.82, 2.24) is 15.1 Å². The van der Waals surface area contributed by atoms with Gasteiger partial charge in [0.1, 0.15) is 6.04 Å². The van der Waals surface area contributed by atoms with Crippen LogP contribution in [0.5, 0.6) is 0 Å². The Labute approximate surface area is 82.1 Å². The van der Waals surface area contributed by atoms with Gasteiger partial charge in [-0.3, -0.25) is 10.0 Å². The molecule has 0 aromatic rings. The van der Waals surface area contributed by atoms with Crippen LogP contribution in [0.4, 0.5) is 0 Å². The Hall–Kier alpha value is -0.700. The number of nitrogens with zero attached hydrogens (tertiary/aromatic N) is 1. The number of amides is 1. The monoisotopic (exact) mass is 223 g/mol. The molecule has 1 aliphatic rings. The minimum atomic E-state index is -3.27. The lowest BCUT2D eigenvalue weighted by Gasteiger charge is -2.30. The third-order valence-electron chi connectivity index (χ3n) is 2.03. The topological polar surface area (TPSA) is 98.7 Å². The molecule has 0 bridgehead atoms.